The van der Waals surface area contributed by atoms with Gasteiger partial charge in [0.1, 0.15) is 28.5 Å². The van der Waals surface area contributed by atoms with Crippen molar-refractivity contribution in [3.8, 4) is 22.6 Å². The second-order valence-corrected chi connectivity index (χ2v) is 8.77. The number of rotatable bonds is 5. The van der Waals surface area contributed by atoms with Gasteiger partial charge in [-0.25, -0.2) is 14.8 Å². The Kier molecular flexibility index (Phi) is 5.80. The van der Waals surface area contributed by atoms with Crippen LogP contribution in [0, 0.1) is 6.92 Å². The monoisotopic (exact) mass is 467 g/mol. The summed E-state index contributed by atoms with van der Waals surface area (Å²) in [4.78, 5) is 23.0. The van der Waals surface area contributed by atoms with Crippen LogP contribution in [0.2, 0.25) is 0 Å². The molecule has 5 aromatic rings. The van der Waals surface area contributed by atoms with Gasteiger partial charge in [0.15, 0.2) is 0 Å². The van der Waals surface area contributed by atoms with Gasteiger partial charge in [0.05, 0.1) is 5.39 Å². The van der Waals surface area contributed by atoms with Crippen molar-refractivity contribution in [1.82, 2.24) is 9.97 Å². The van der Waals surface area contributed by atoms with E-state index in [1.54, 1.807) is 23.5 Å². The molecule has 0 unspecified atom stereocenters. The minimum absolute atomic E-state index is 0.348. The summed E-state index contributed by atoms with van der Waals surface area (Å²) >= 11 is 1.58. The Morgan fingerprint density at radius 2 is 1.62 bits per heavy atom. The van der Waals surface area contributed by atoms with Gasteiger partial charge in [-0.15, -0.1) is 11.3 Å². The van der Waals surface area contributed by atoms with Gasteiger partial charge in [-0.3, -0.25) is 0 Å². The fourth-order valence-electron chi connectivity index (χ4n) is 3.69. The maximum atomic E-state index is 12.5. The van der Waals surface area contributed by atoms with Crippen molar-refractivity contribution in [2.45, 2.75) is 6.92 Å². The van der Waals surface area contributed by atoms with Crippen molar-refractivity contribution < 1.29 is 9.53 Å². The van der Waals surface area contributed by atoms with Crippen molar-refractivity contribution in [2.24, 2.45) is 0 Å². The Balaban J connectivity index is 1.28. The average molecular weight is 468 g/mol. The maximum Gasteiger partial charge on any atom is 0.323 e. The van der Waals surface area contributed by atoms with Crippen LogP contribution in [0.3, 0.4) is 0 Å². The molecule has 34 heavy (non-hydrogen) atoms. The molecule has 0 saturated carbocycles. The molecule has 7 nitrogen and oxygen atoms in total. The molecule has 4 N–H and O–H groups in total. The van der Waals surface area contributed by atoms with Crippen LogP contribution in [0.5, 0.6) is 11.5 Å². The molecule has 2 aromatic heterocycles. The summed E-state index contributed by atoms with van der Waals surface area (Å²) < 4.78 is 5.83. The standard InChI is InChI=1S/C26H21N5O2S/c1-16-22(23-24(27)28-15-29-25(23)34-16)17-10-12-18(13-11-17)30-26(32)31-19-6-5-9-21(14-19)33-20-7-3-2-4-8-20/h2-15H,1H3,(H2,27,28,29)(H2,30,31,32). The topological polar surface area (TPSA) is 102 Å². The quantitative estimate of drug-likeness (QED) is 0.267. The number of amides is 2. The van der Waals surface area contributed by atoms with Gasteiger partial charge in [0, 0.05) is 27.9 Å². The highest BCUT2D eigenvalue weighted by molar-refractivity contribution is 7.19. The maximum absolute atomic E-state index is 12.5. The summed E-state index contributed by atoms with van der Waals surface area (Å²) in [6, 6.07) is 24.0. The number of urea groups is 1. The molecule has 0 aliphatic carbocycles. The van der Waals surface area contributed by atoms with Crippen LogP contribution in [0.1, 0.15) is 4.88 Å². The van der Waals surface area contributed by atoms with E-state index in [2.05, 4.69) is 20.6 Å². The second-order valence-electron chi connectivity index (χ2n) is 7.57. The van der Waals surface area contributed by atoms with Crippen molar-refractivity contribution in [3.63, 3.8) is 0 Å². The number of carbonyl (C=O) groups is 1. The first-order chi connectivity index (χ1) is 16.6. The molecule has 2 amide bonds. The Morgan fingerprint density at radius 1 is 0.882 bits per heavy atom. The SMILES string of the molecule is Cc1sc2ncnc(N)c2c1-c1ccc(NC(=O)Nc2cccc(Oc3ccccc3)c2)cc1. The molecule has 0 bridgehead atoms. The number of hydrogen-bond acceptors (Lipinski definition) is 6. The van der Waals surface area contributed by atoms with Crippen LogP contribution in [0.4, 0.5) is 22.0 Å². The number of carbonyl (C=O) groups excluding carboxylic acids is 1. The van der Waals surface area contributed by atoms with E-state index >= 15 is 0 Å². The summed E-state index contributed by atoms with van der Waals surface area (Å²) in [6.07, 6.45) is 1.48. The van der Waals surface area contributed by atoms with Crippen molar-refractivity contribution in [1.29, 1.82) is 0 Å². The number of fused-ring (bicyclic) bond motifs is 1. The van der Waals surface area contributed by atoms with E-state index in [4.69, 9.17) is 10.5 Å². The zero-order valence-corrected chi connectivity index (χ0v) is 19.1. The van der Waals surface area contributed by atoms with Gasteiger partial charge < -0.3 is 21.1 Å². The Hall–Kier alpha value is -4.43. The van der Waals surface area contributed by atoms with Gasteiger partial charge in [0.2, 0.25) is 0 Å². The fourth-order valence-corrected chi connectivity index (χ4v) is 4.71. The summed E-state index contributed by atoms with van der Waals surface area (Å²) in [5.41, 5.74) is 9.41. The lowest BCUT2D eigenvalue weighted by Crippen LogP contribution is -2.19. The number of aryl methyl sites for hydroxylation is 1. The highest BCUT2D eigenvalue weighted by atomic mass is 32.1. The van der Waals surface area contributed by atoms with E-state index in [-0.39, 0.29) is 6.03 Å². The Bertz CT molecular complexity index is 1470. The van der Waals surface area contributed by atoms with E-state index in [1.165, 1.54) is 6.33 Å². The lowest BCUT2D eigenvalue weighted by molar-refractivity contribution is 0.262. The molecular weight excluding hydrogens is 446 g/mol. The third-order valence-corrected chi connectivity index (χ3v) is 6.21. The average Bonchev–Trinajstić information content (AvgIpc) is 3.17. The number of benzene rings is 3. The number of nitrogens with zero attached hydrogens (tertiary/aromatic N) is 2. The van der Waals surface area contributed by atoms with E-state index in [0.29, 0.717) is 22.9 Å². The molecule has 3 aromatic carbocycles. The minimum Gasteiger partial charge on any atom is -0.457 e. The fraction of sp³-hybridized carbons (Fsp3) is 0.0385. The zero-order chi connectivity index (χ0) is 23.5. The summed E-state index contributed by atoms with van der Waals surface area (Å²) in [5.74, 6) is 1.82. The smallest absolute Gasteiger partial charge is 0.323 e. The largest absolute Gasteiger partial charge is 0.457 e. The predicted octanol–water partition coefficient (Wildman–Crippen LogP) is 6.69. The molecule has 0 aliphatic rings. The molecule has 0 aliphatic heterocycles. The van der Waals surface area contributed by atoms with Crippen molar-refractivity contribution in [3.05, 3.63) is 90.1 Å². The lowest BCUT2D eigenvalue weighted by atomic mass is 10.0. The molecule has 2 heterocycles. The number of anilines is 3. The lowest BCUT2D eigenvalue weighted by Gasteiger charge is -2.11. The number of nitrogens with two attached hydrogens (primary N) is 1. The van der Waals surface area contributed by atoms with Crippen LogP contribution < -0.4 is 21.1 Å². The van der Waals surface area contributed by atoms with E-state index in [1.807, 2.05) is 73.7 Å². The minimum atomic E-state index is -0.348. The predicted molar refractivity (Wildman–Crippen MR) is 138 cm³/mol. The molecule has 0 saturated heterocycles. The second kappa shape index (κ2) is 9.21. The van der Waals surface area contributed by atoms with E-state index in [0.717, 1.165) is 32.0 Å². The number of nitrogen functional groups attached to an aromatic ring is 1. The van der Waals surface area contributed by atoms with Crippen LogP contribution in [-0.4, -0.2) is 16.0 Å². The molecule has 0 fully saturated rings. The molecule has 168 valence electrons. The number of para-hydroxylation sites is 1. The molecule has 5 rings (SSSR count). The Morgan fingerprint density at radius 3 is 2.41 bits per heavy atom. The third kappa shape index (κ3) is 4.53. The third-order valence-electron chi connectivity index (χ3n) is 5.20. The van der Waals surface area contributed by atoms with Crippen LogP contribution in [0.25, 0.3) is 21.3 Å². The van der Waals surface area contributed by atoms with Gasteiger partial charge in [-0.2, -0.15) is 0 Å². The highest BCUT2D eigenvalue weighted by Crippen LogP contribution is 2.39. The number of hydrogen-bond donors (Lipinski definition) is 3. The van der Waals surface area contributed by atoms with Gasteiger partial charge >= 0.3 is 6.03 Å². The molecule has 0 radical (unpaired) electrons. The van der Waals surface area contributed by atoms with Crippen molar-refractivity contribution >= 4 is 44.8 Å². The van der Waals surface area contributed by atoms with Crippen LogP contribution in [-0.2, 0) is 0 Å². The molecule has 0 atom stereocenters. The number of ether oxygens (including phenoxy) is 1. The van der Waals surface area contributed by atoms with Crippen LogP contribution in [0.15, 0.2) is 85.2 Å². The summed E-state index contributed by atoms with van der Waals surface area (Å²) in [5, 5.41) is 6.56. The van der Waals surface area contributed by atoms with E-state index in [9.17, 15) is 4.79 Å². The Labute approximate surface area is 200 Å². The normalized spacial score (nSPS) is 10.7. The number of aromatic nitrogens is 2. The van der Waals surface area contributed by atoms with Gasteiger partial charge in [0.25, 0.3) is 0 Å². The van der Waals surface area contributed by atoms with E-state index < -0.39 is 0 Å². The molecule has 0 spiro atoms. The first kappa shape index (κ1) is 21.4. The summed E-state index contributed by atoms with van der Waals surface area (Å²) in [6.45, 7) is 2.04. The zero-order valence-electron chi connectivity index (χ0n) is 18.3. The van der Waals surface area contributed by atoms with Crippen molar-refractivity contribution in [2.75, 3.05) is 16.4 Å². The molecular formula is C26H21N5O2S. The van der Waals surface area contributed by atoms with Crippen LogP contribution >= 0.6 is 11.3 Å². The highest BCUT2D eigenvalue weighted by Gasteiger charge is 2.15. The van der Waals surface area contributed by atoms with Gasteiger partial charge in [-0.1, -0.05) is 36.4 Å². The first-order valence-electron chi connectivity index (χ1n) is 10.6. The van der Waals surface area contributed by atoms with Gasteiger partial charge in [-0.05, 0) is 48.9 Å². The summed E-state index contributed by atoms with van der Waals surface area (Å²) in [7, 11) is 0. The number of thiophene rings is 1. The first-order valence-corrected chi connectivity index (χ1v) is 11.4. The number of nitrogens with one attached hydrogen (secondary N) is 2. The molecule has 8 heteroatoms.